The Bertz CT molecular complexity index is 20.8. The molecule has 0 spiro atoms. The van der Waals surface area contributed by atoms with Gasteiger partial charge in [0.05, 0.1) is 5.08 Å². The normalized spacial score (nSPS) is 9.00. The highest BCUT2D eigenvalue weighted by molar-refractivity contribution is 8.13. The molecule has 0 rings (SSSR count). The van der Waals surface area contributed by atoms with E-state index in [0.717, 1.165) is 12.0 Å². The molecular weight excluding hydrogens is 140 g/mol. The van der Waals surface area contributed by atoms with Crippen molar-refractivity contribution < 1.29 is 8.18 Å². The van der Waals surface area contributed by atoms with Crippen molar-refractivity contribution in [3.8, 4) is 0 Å². The Balaban J connectivity index is 2.34. The van der Waals surface area contributed by atoms with Crippen LogP contribution in [-0.2, 0) is 3.63 Å². The van der Waals surface area contributed by atoms with Crippen LogP contribution in [0.1, 0.15) is 0 Å². The maximum absolute atomic E-state index is 7.98. The summed E-state index contributed by atoms with van der Waals surface area (Å²) in [6.07, 6.45) is 0. The number of thiol groups is 1. The maximum atomic E-state index is 7.98. The van der Waals surface area contributed by atoms with Crippen molar-refractivity contribution in [3.63, 3.8) is 0 Å². The van der Waals surface area contributed by atoms with Crippen LogP contribution in [0, 0.1) is 0 Å². The smallest absolute Gasteiger partial charge is 0.0928 e. The summed E-state index contributed by atoms with van der Waals surface area (Å²) >= 11 is 5.19. The van der Waals surface area contributed by atoms with Crippen molar-refractivity contribution in [2.45, 2.75) is 0 Å². The lowest BCUT2D eigenvalue weighted by Gasteiger charge is -1.84. The first-order valence-electron chi connectivity index (χ1n) is 1.11. The average molecular weight is 144 g/mol. The van der Waals surface area contributed by atoms with E-state index < -0.39 is 0 Å². The maximum Gasteiger partial charge on any atom is 0.0928 e. The summed E-state index contributed by atoms with van der Waals surface area (Å²) in [7, 11) is 0. The van der Waals surface area contributed by atoms with Gasteiger partial charge in [0.25, 0.3) is 0 Å². The Morgan fingerprint density at radius 2 is 2.50 bits per heavy atom. The molecule has 0 aliphatic rings. The SMILES string of the molecule is OSCSOS. The molecule has 38 valence electrons. The van der Waals surface area contributed by atoms with E-state index in [1.807, 2.05) is 0 Å². The molecule has 0 bridgehead atoms. The molecule has 0 aliphatic carbocycles. The van der Waals surface area contributed by atoms with Crippen LogP contribution >= 0.6 is 37.0 Å². The summed E-state index contributed by atoms with van der Waals surface area (Å²) in [6, 6.07) is 0. The van der Waals surface area contributed by atoms with Gasteiger partial charge in [-0.1, -0.05) is 0 Å². The van der Waals surface area contributed by atoms with Crippen LogP contribution < -0.4 is 0 Å². The molecule has 0 aromatic carbocycles. The largest absolute Gasteiger partial charge is 0.329 e. The van der Waals surface area contributed by atoms with E-state index in [0.29, 0.717) is 17.1 Å². The first-order valence-corrected chi connectivity index (χ1v) is 3.33. The minimum atomic E-state index is 0.503. The van der Waals surface area contributed by atoms with Crippen molar-refractivity contribution in [3.05, 3.63) is 0 Å². The second kappa shape index (κ2) is 5.97. The number of hydrogen-bond acceptors (Lipinski definition) is 5. The molecule has 0 aliphatic heterocycles. The van der Waals surface area contributed by atoms with Gasteiger partial charge in [-0.15, -0.1) is 0 Å². The highest BCUT2D eigenvalue weighted by atomic mass is 32.2. The van der Waals surface area contributed by atoms with E-state index in [-0.39, 0.29) is 0 Å². The Labute approximate surface area is 50.7 Å². The molecule has 0 saturated carbocycles. The quantitative estimate of drug-likeness (QED) is 0.273. The van der Waals surface area contributed by atoms with Gasteiger partial charge in [-0.05, 0) is 12.9 Å². The van der Waals surface area contributed by atoms with Crippen molar-refractivity contribution in [2.75, 3.05) is 5.08 Å². The second-order valence-electron chi connectivity index (χ2n) is 0.439. The monoisotopic (exact) mass is 144 g/mol. The highest BCUT2D eigenvalue weighted by Crippen LogP contribution is 2.09. The summed E-state index contributed by atoms with van der Waals surface area (Å²) in [5.41, 5.74) is 0. The predicted octanol–water partition coefficient (Wildman–Crippen LogP) is 1.66. The lowest BCUT2D eigenvalue weighted by Crippen LogP contribution is -1.61. The summed E-state index contributed by atoms with van der Waals surface area (Å²) in [5, 5.41) is 0.503. The van der Waals surface area contributed by atoms with Gasteiger partial charge in [0.2, 0.25) is 0 Å². The van der Waals surface area contributed by atoms with Crippen LogP contribution in [0.2, 0.25) is 0 Å². The van der Waals surface area contributed by atoms with Crippen molar-refractivity contribution in [2.24, 2.45) is 0 Å². The molecule has 2 nitrogen and oxygen atoms in total. The lowest BCUT2D eigenvalue weighted by molar-refractivity contribution is 0.667. The van der Waals surface area contributed by atoms with Crippen LogP contribution in [-0.4, -0.2) is 9.64 Å². The zero-order chi connectivity index (χ0) is 4.83. The Kier molecular flexibility index (Phi) is 6.94. The van der Waals surface area contributed by atoms with Crippen LogP contribution in [0.4, 0.5) is 0 Å². The Morgan fingerprint density at radius 1 is 1.83 bits per heavy atom. The standard InChI is InChI=1S/CH4O2S3/c2-5-1-6-3-4/h2,4H,1H2. The van der Waals surface area contributed by atoms with E-state index in [9.17, 15) is 0 Å². The summed E-state index contributed by atoms with van der Waals surface area (Å²) in [6.45, 7) is 0. The minimum Gasteiger partial charge on any atom is -0.329 e. The van der Waals surface area contributed by atoms with Gasteiger partial charge in [-0.25, -0.2) is 3.63 Å². The molecule has 0 aromatic heterocycles. The molecule has 0 heterocycles. The van der Waals surface area contributed by atoms with Crippen molar-refractivity contribution in [1.82, 2.24) is 0 Å². The van der Waals surface area contributed by atoms with E-state index >= 15 is 0 Å². The lowest BCUT2D eigenvalue weighted by atomic mass is 11.9. The highest BCUT2D eigenvalue weighted by Gasteiger charge is 1.78. The second-order valence-corrected chi connectivity index (χ2v) is 2.47. The third-order valence-corrected chi connectivity index (χ3v) is 1.38. The van der Waals surface area contributed by atoms with Crippen LogP contribution in [0.25, 0.3) is 0 Å². The first kappa shape index (κ1) is 6.97. The van der Waals surface area contributed by atoms with E-state index in [4.69, 9.17) is 4.55 Å². The predicted molar refractivity (Wildman–Crippen MR) is 32.7 cm³/mol. The van der Waals surface area contributed by atoms with Crippen LogP contribution in [0.3, 0.4) is 0 Å². The fourth-order valence-corrected chi connectivity index (χ4v) is 0.775. The molecule has 0 saturated heterocycles. The van der Waals surface area contributed by atoms with Gasteiger partial charge >= 0.3 is 0 Å². The topological polar surface area (TPSA) is 29.5 Å². The Hall–Kier alpha value is 0.970. The summed E-state index contributed by atoms with van der Waals surface area (Å²) < 4.78 is 12.2. The van der Waals surface area contributed by atoms with Gasteiger partial charge in [-0.2, -0.15) is 0 Å². The van der Waals surface area contributed by atoms with Crippen molar-refractivity contribution >= 4 is 37.0 Å². The average Bonchev–Trinajstić information content (AvgIpc) is 1.61. The zero-order valence-corrected chi connectivity index (χ0v) is 5.35. The van der Waals surface area contributed by atoms with E-state index in [1.165, 1.54) is 0 Å². The molecule has 0 fully saturated rings. The van der Waals surface area contributed by atoms with Crippen LogP contribution in [0.5, 0.6) is 0 Å². The molecule has 0 atom stereocenters. The summed E-state index contributed by atoms with van der Waals surface area (Å²) in [4.78, 5) is 0. The van der Waals surface area contributed by atoms with Crippen molar-refractivity contribution in [1.29, 1.82) is 0 Å². The third kappa shape index (κ3) is 4.97. The van der Waals surface area contributed by atoms with E-state index in [2.05, 4.69) is 16.5 Å². The minimum absolute atomic E-state index is 0.503. The van der Waals surface area contributed by atoms with Gasteiger partial charge < -0.3 is 4.55 Å². The third-order valence-electron chi connectivity index (χ3n) is 0.154. The fraction of sp³-hybridized carbons (Fsp3) is 1.00. The van der Waals surface area contributed by atoms with Gasteiger partial charge in [0, 0.05) is 24.1 Å². The molecule has 0 aromatic rings. The molecule has 5 heteroatoms. The Morgan fingerprint density at radius 3 is 2.67 bits per heavy atom. The van der Waals surface area contributed by atoms with Gasteiger partial charge in [0.1, 0.15) is 0 Å². The summed E-state index contributed by atoms with van der Waals surface area (Å²) in [5.74, 6) is 0. The molecule has 0 amide bonds. The first-order chi connectivity index (χ1) is 2.91. The molecular formula is CH4O2S3. The zero-order valence-electron chi connectivity index (χ0n) is 2.83. The number of hydrogen-bond donors (Lipinski definition) is 2. The number of rotatable bonds is 3. The van der Waals surface area contributed by atoms with E-state index in [1.54, 1.807) is 0 Å². The van der Waals surface area contributed by atoms with Gasteiger partial charge in [-0.3, -0.25) is 0 Å². The van der Waals surface area contributed by atoms with Gasteiger partial charge in [0.15, 0.2) is 0 Å². The fourth-order valence-electron chi connectivity index (χ4n) is 0.0430. The van der Waals surface area contributed by atoms with Crippen LogP contribution in [0.15, 0.2) is 0 Å². The molecule has 1 N–H and O–H groups in total. The molecule has 0 radical (unpaired) electrons. The molecule has 6 heavy (non-hydrogen) atoms. The molecule has 0 unspecified atom stereocenters.